The average Bonchev–Trinajstić information content (AvgIpc) is 2.71. The fourth-order valence-electron chi connectivity index (χ4n) is 0.908. The molecule has 0 unspecified atom stereocenters. The Kier molecular flexibility index (Phi) is 1.97. The second kappa shape index (κ2) is 3.28. The Morgan fingerprint density at radius 1 is 1.31 bits per heavy atom. The minimum atomic E-state index is -0.129. The molecular weight excluding hydrogens is 170 g/mol. The van der Waals surface area contributed by atoms with Crippen LogP contribution in [0.15, 0.2) is 25.0 Å². The predicted molar refractivity (Wildman–Crippen MR) is 42.9 cm³/mol. The fourth-order valence-corrected chi connectivity index (χ4v) is 0.908. The summed E-state index contributed by atoms with van der Waals surface area (Å²) in [5.41, 5.74) is 0.507. The summed E-state index contributed by atoms with van der Waals surface area (Å²) in [6, 6.07) is 0. The van der Waals surface area contributed by atoms with Crippen LogP contribution in [-0.2, 0) is 6.61 Å². The highest BCUT2D eigenvalue weighted by Gasteiger charge is 1.99. The highest BCUT2D eigenvalue weighted by atomic mass is 16.3. The van der Waals surface area contributed by atoms with Gasteiger partial charge < -0.3 is 5.11 Å². The summed E-state index contributed by atoms with van der Waals surface area (Å²) in [6.45, 7) is -0.129. The summed E-state index contributed by atoms with van der Waals surface area (Å²) in [5, 5.41) is 12.7. The summed E-state index contributed by atoms with van der Waals surface area (Å²) < 4.78 is 1.48. The van der Waals surface area contributed by atoms with Gasteiger partial charge in [-0.25, -0.2) is 14.6 Å². The lowest BCUT2D eigenvalue weighted by Gasteiger charge is -1.99. The monoisotopic (exact) mass is 177 g/mol. The van der Waals surface area contributed by atoms with Crippen LogP contribution in [0.2, 0.25) is 0 Å². The lowest BCUT2D eigenvalue weighted by atomic mass is 10.5. The van der Waals surface area contributed by atoms with Gasteiger partial charge in [-0.05, 0) is 0 Å². The first-order valence-corrected chi connectivity index (χ1v) is 3.67. The molecule has 6 nitrogen and oxygen atoms in total. The molecular formula is C7H7N5O. The molecule has 0 aromatic carbocycles. The van der Waals surface area contributed by atoms with Crippen LogP contribution >= 0.6 is 0 Å². The Morgan fingerprint density at radius 3 is 2.92 bits per heavy atom. The van der Waals surface area contributed by atoms with Gasteiger partial charge in [0.2, 0.25) is 0 Å². The molecule has 66 valence electrons. The van der Waals surface area contributed by atoms with Gasteiger partial charge in [0.15, 0.2) is 5.82 Å². The van der Waals surface area contributed by atoms with Gasteiger partial charge in [0.25, 0.3) is 0 Å². The lowest BCUT2D eigenvalue weighted by molar-refractivity contribution is 0.276. The molecule has 0 aliphatic carbocycles. The molecule has 1 N–H and O–H groups in total. The molecule has 0 saturated heterocycles. The van der Waals surface area contributed by atoms with E-state index in [0.29, 0.717) is 11.5 Å². The summed E-state index contributed by atoms with van der Waals surface area (Å²) in [4.78, 5) is 11.8. The molecule has 0 bridgehead atoms. The molecule has 6 heteroatoms. The molecule has 0 aliphatic rings. The molecule has 0 aliphatic heterocycles. The first-order valence-electron chi connectivity index (χ1n) is 3.67. The SMILES string of the molecule is OCc1cncc(-n2cncn2)n1. The van der Waals surface area contributed by atoms with Crippen molar-refractivity contribution in [1.82, 2.24) is 24.7 Å². The zero-order valence-corrected chi connectivity index (χ0v) is 6.70. The van der Waals surface area contributed by atoms with E-state index in [1.807, 2.05) is 0 Å². The largest absolute Gasteiger partial charge is 0.390 e. The fraction of sp³-hybridized carbons (Fsp3) is 0.143. The Hall–Kier alpha value is -1.82. The molecule has 0 saturated carbocycles. The number of hydrogen-bond donors (Lipinski definition) is 1. The normalized spacial score (nSPS) is 10.2. The number of rotatable bonds is 2. The van der Waals surface area contributed by atoms with Crippen LogP contribution in [0.5, 0.6) is 0 Å². The van der Waals surface area contributed by atoms with Crippen molar-refractivity contribution in [1.29, 1.82) is 0 Å². The molecule has 2 aromatic rings. The Balaban J connectivity index is 2.41. The molecule has 0 spiro atoms. The van der Waals surface area contributed by atoms with E-state index < -0.39 is 0 Å². The number of hydrogen-bond acceptors (Lipinski definition) is 5. The van der Waals surface area contributed by atoms with E-state index in [9.17, 15) is 0 Å². The van der Waals surface area contributed by atoms with E-state index in [1.165, 1.54) is 23.5 Å². The molecule has 13 heavy (non-hydrogen) atoms. The van der Waals surface area contributed by atoms with Gasteiger partial charge in [0.05, 0.1) is 24.7 Å². The van der Waals surface area contributed by atoms with E-state index in [-0.39, 0.29) is 6.61 Å². The van der Waals surface area contributed by atoms with Gasteiger partial charge in [-0.2, -0.15) is 5.10 Å². The van der Waals surface area contributed by atoms with E-state index in [2.05, 4.69) is 20.1 Å². The van der Waals surface area contributed by atoms with Crippen molar-refractivity contribution in [3.63, 3.8) is 0 Å². The molecule has 2 heterocycles. The van der Waals surface area contributed by atoms with Gasteiger partial charge in [-0.15, -0.1) is 0 Å². The quantitative estimate of drug-likeness (QED) is 0.672. The van der Waals surface area contributed by atoms with E-state index >= 15 is 0 Å². The molecule has 0 atom stereocenters. The third-order valence-electron chi connectivity index (χ3n) is 1.49. The van der Waals surface area contributed by atoms with Crippen LogP contribution < -0.4 is 0 Å². The molecule has 0 amide bonds. The highest BCUT2D eigenvalue weighted by molar-refractivity contribution is 5.16. The van der Waals surface area contributed by atoms with Gasteiger partial charge in [0, 0.05) is 0 Å². The minimum Gasteiger partial charge on any atom is -0.390 e. The zero-order chi connectivity index (χ0) is 9.10. The van der Waals surface area contributed by atoms with Crippen LogP contribution in [0, 0.1) is 0 Å². The van der Waals surface area contributed by atoms with E-state index in [1.54, 1.807) is 6.20 Å². The van der Waals surface area contributed by atoms with Crippen LogP contribution in [0.1, 0.15) is 5.69 Å². The van der Waals surface area contributed by atoms with Crippen molar-refractivity contribution < 1.29 is 5.11 Å². The Labute approximate surface area is 73.9 Å². The maximum absolute atomic E-state index is 8.81. The lowest BCUT2D eigenvalue weighted by Crippen LogP contribution is -2.01. The molecule has 0 radical (unpaired) electrons. The predicted octanol–water partition coefficient (Wildman–Crippen LogP) is -0.450. The second-order valence-electron chi connectivity index (χ2n) is 2.37. The first-order chi connectivity index (χ1) is 6.40. The molecule has 2 aromatic heterocycles. The van der Waals surface area contributed by atoms with Crippen molar-refractivity contribution in [2.24, 2.45) is 0 Å². The summed E-state index contributed by atoms with van der Waals surface area (Å²) in [5.74, 6) is 0.545. The van der Waals surface area contributed by atoms with Gasteiger partial charge in [-0.1, -0.05) is 0 Å². The highest BCUT2D eigenvalue weighted by Crippen LogP contribution is 2.00. The van der Waals surface area contributed by atoms with E-state index in [4.69, 9.17) is 5.11 Å². The number of aliphatic hydroxyl groups is 1. The summed E-state index contributed by atoms with van der Waals surface area (Å²) >= 11 is 0. The Bertz CT molecular complexity index is 386. The van der Waals surface area contributed by atoms with E-state index in [0.717, 1.165) is 0 Å². The van der Waals surface area contributed by atoms with Crippen LogP contribution in [0.25, 0.3) is 5.82 Å². The van der Waals surface area contributed by atoms with Gasteiger partial charge in [-0.3, -0.25) is 4.98 Å². The van der Waals surface area contributed by atoms with Gasteiger partial charge in [0.1, 0.15) is 12.7 Å². The van der Waals surface area contributed by atoms with Crippen molar-refractivity contribution in [3.05, 3.63) is 30.7 Å². The smallest absolute Gasteiger partial charge is 0.174 e. The second-order valence-corrected chi connectivity index (χ2v) is 2.37. The van der Waals surface area contributed by atoms with Gasteiger partial charge >= 0.3 is 0 Å². The standard InChI is InChI=1S/C7H7N5O/c13-3-6-1-8-2-7(11-6)12-5-9-4-10-12/h1-2,4-5,13H,3H2. The van der Waals surface area contributed by atoms with Crippen LogP contribution in [0.3, 0.4) is 0 Å². The topological polar surface area (TPSA) is 76.7 Å². The molecule has 2 rings (SSSR count). The number of aromatic nitrogens is 5. The number of nitrogens with zero attached hydrogens (tertiary/aromatic N) is 5. The maximum Gasteiger partial charge on any atom is 0.174 e. The Morgan fingerprint density at radius 2 is 2.23 bits per heavy atom. The first kappa shape index (κ1) is 7.81. The molecule has 0 fully saturated rings. The van der Waals surface area contributed by atoms with Crippen molar-refractivity contribution >= 4 is 0 Å². The van der Waals surface area contributed by atoms with Crippen LogP contribution in [-0.4, -0.2) is 29.8 Å². The zero-order valence-electron chi connectivity index (χ0n) is 6.70. The summed E-state index contributed by atoms with van der Waals surface area (Å²) in [6.07, 6.45) is 5.98. The summed E-state index contributed by atoms with van der Waals surface area (Å²) in [7, 11) is 0. The number of aliphatic hydroxyl groups excluding tert-OH is 1. The van der Waals surface area contributed by atoms with Crippen molar-refractivity contribution in [2.45, 2.75) is 6.61 Å². The third kappa shape index (κ3) is 1.52. The minimum absolute atomic E-state index is 0.129. The average molecular weight is 177 g/mol. The maximum atomic E-state index is 8.81. The van der Waals surface area contributed by atoms with Crippen LogP contribution in [0.4, 0.5) is 0 Å². The van der Waals surface area contributed by atoms with Crippen molar-refractivity contribution in [3.8, 4) is 5.82 Å². The van der Waals surface area contributed by atoms with Crippen molar-refractivity contribution in [2.75, 3.05) is 0 Å². The third-order valence-corrected chi connectivity index (χ3v) is 1.49.